The standard InChI is InChI=1S/C13H12BrN3O2/c1-2-11-13(19)16-12(18)7-17(11)9-4-3-8(6-15)10(14)5-9/h3-5,11H,2,7H2,1H3,(H,16,18,19). The number of anilines is 1. The van der Waals surface area contributed by atoms with E-state index >= 15 is 0 Å². The first-order chi connectivity index (χ1) is 9.06. The number of nitriles is 1. The summed E-state index contributed by atoms with van der Waals surface area (Å²) in [5, 5.41) is 11.2. The molecule has 1 saturated heterocycles. The molecule has 98 valence electrons. The molecule has 19 heavy (non-hydrogen) atoms. The Morgan fingerprint density at radius 2 is 2.26 bits per heavy atom. The van der Waals surface area contributed by atoms with E-state index in [9.17, 15) is 9.59 Å². The van der Waals surface area contributed by atoms with Crippen molar-refractivity contribution in [3.05, 3.63) is 28.2 Å². The van der Waals surface area contributed by atoms with Gasteiger partial charge in [-0.2, -0.15) is 5.26 Å². The van der Waals surface area contributed by atoms with Crippen molar-refractivity contribution >= 4 is 33.4 Å². The molecule has 6 heteroatoms. The Hall–Kier alpha value is -1.87. The molecule has 0 radical (unpaired) electrons. The second-order valence-corrected chi connectivity index (χ2v) is 5.09. The zero-order valence-corrected chi connectivity index (χ0v) is 11.9. The molecule has 2 rings (SSSR count). The van der Waals surface area contributed by atoms with Crippen LogP contribution >= 0.6 is 15.9 Å². The fourth-order valence-corrected chi connectivity index (χ4v) is 2.57. The number of carbonyl (C=O) groups is 2. The van der Waals surface area contributed by atoms with Gasteiger partial charge in [0, 0.05) is 10.2 Å². The van der Waals surface area contributed by atoms with Gasteiger partial charge in [0.2, 0.25) is 11.8 Å². The number of piperazine rings is 1. The fraction of sp³-hybridized carbons (Fsp3) is 0.308. The van der Waals surface area contributed by atoms with Crippen molar-refractivity contribution in [2.75, 3.05) is 11.4 Å². The molecule has 2 amide bonds. The van der Waals surface area contributed by atoms with Crippen LogP contribution in [0.15, 0.2) is 22.7 Å². The molecule has 0 bridgehead atoms. The summed E-state index contributed by atoms with van der Waals surface area (Å²) in [5.41, 5.74) is 1.27. The van der Waals surface area contributed by atoms with Crippen LogP contribution in [-0.2, 0) is 9.59 Å². The molecule has 1 aliphatic rings. The largest absolute Gasteiger partial charge is 0.350 e. The number of imide groups is 1. The molecule has 0 aromatic heterocycles. The summed E-state index contributed by atoms with van der Waals surface area (Å²) >= 11 is 3.31. The Bertz CT molecular complexity index is 580. The molecule has 1 fully saturated rings. The average molecular weight is 322 g/mol. The lowest BCUT2D eigenvalue weighted by molar-refractivity contribution is -0.132. The van der Waals surface area contributed by atoms with Gasteiger partial charge in [0.1, 0.15) is 12.1 Å². The number of carbonyl (C=O) groups excluding carboxylic acids is 2. The van der Waals surface area contributed by atoms with Crippen LogP contribution in [-0.4, -0.2) is 24.4 Å². The summed E-state index contributed by atoms with van der Waals surface area (Å²) in [6.07, 6.45) is 0.608. The van der Waals surface area contributed by atoms with Gasteiger partial charge in [-0.1, -0.05) is 6.92 Å². The zero-order chi connectivity index (χ0) is 14.0. The maximum atomic E-state index is 11.8. The predicted octanol–water partition coefficient (Wildman–Crippen LogP) is 1.56. The summed E-state index contributed by atoms with van der Waals surface area (Å²) < 4.78 is 0.654. The van der Waals surface area contributed by atoms with Crippen molar-refractivity contribution in [3.8, 4) is 6.07 Å². The van der Waals surface area contributed by atoms with E-state index in [1.807, 2.05) is 6.92 Å². The van der Waals surface area contributed by atoms with Crippen LogP contribution in [0.1, 0.15) is 18.9 Å². The van der Waals surface area contributed by atoms with E-state index in [0.29, 0.717) is 16.5 Å². The van der Waals surface area contributed by atoms with Crippen molar-refractivity contribution in [3.63, 3.8) is 0 Å². The van der Waals surface area contributed by atoms with E-state index in [-0.39, 0.29) is 24.4 Å². The third-order valence-corrected chi connectivity index (χ3v) is 3.70. The summed E-state index contributed by atoms with van der Waals surface area (Å²) in [5.74, 6) is -0.589. The van der Waals surface area contributed by atoms with Gasteiger partial charge < -0.3 is 4.90 Å². The molecule has 1 aromatic carbocycles. The molecule has 0 aliphatic carbocycles. The quantitative estimate of drug-likeness (QED) is 0.839. The van der Waals surface area contributed by atoms with Crippen LogP contribution in [0.5, 0.6) is 0 Å². The van der Waals surface area contributed by atoms with Gasteiger partial charge in [0.15, 0.2) is 0 Å². The Balaban J connectivity index is 2.38. The van der Waals surface area contributed by atoms with Crippen LogP contribution < -0.4 is 10.2 Å². The first kappa shape index (κ1) is 13.6. The van der Waals surface area contributed by atoms with E-state index < -0.39 is 0 Å². The van der Waals surface area contributed by atoms with Crippen LogP contribution in [0.2, 0.25) is 0 Å². The number of hydrogen-bond donors (Lipinski definition) is 1. The summed E-state index contributed by atoms with van der Waals surface area (Å²) in [7, 11) is 0. The van der Waals surface area contributed by atoms with Crippen molar-refractivity contribution in [1.29, 1.82) is 5.26 Å². The molecule has 1 aromatic rings. The number of nitrogens with one attached hydrogen (secondary N) is 1. The highest BCUT2D eigenvalue weighted by Crippen LogP contribution is 2.26. The highest BCUT2D eigenvalue weighted by molar-refractivity contribution is 9.10. The van der Waals surface area contributed by atoms with Crippen molar-refractivity contribution in [1.82, 2.24) is 5.32 Å². The molecule has 1 N–H and O–H groups in total. The topological polar surface area (TPSA) is 73.2 Å². The molecule has 1 unspecified atom stereocenters. The summed E-state index contributed by atoms with van der Waals surface area (Å²) in [4.78, 5) is 25.0. The highest BCUT2D eigenvalue weighted by Gasteiger charge is 2.32. The van der Waals surface area contributed by atoms with Crippen LogP contribution in [0.3, 0.4) is 0 Å². The number of amides is 2. The summed E-state index contributed by atoms with van der Waals surface area (Å²) in [6, 6.07) is 6.87. The van der Waals surface area contributed by atoms with Crippen molar-refractivity contribution in [2.24, 2.45) is 0 Å². The van der Waals surface area contributed by atoms with E-state index in [2.05, 4.69) is 27.3 Å². The molecule has 5 nitrogen and oxygen atoms in total. The van der Waals surface area contributed by atoms with Crippen LogP contribution in [0.4, 0.5) is 5.69 Å². The average Bonchev–Trinajstić information content (AvgIpc) is 2.37. The van der Waals surface area contributed by atoms with E-state index in [1.165, 1.54) is 0 Å². The van der Waals surface area contributed by atoms with Crippen LogP contribution in [0, 0.1) is 11.3 Å². The minimum absolute atomic E-state index is 0.141. The van der Waals surface area contributed by atoms with Crippen molar-refractivity contribution in [2.45, 2.75) is 19.4 Å². The third-order valence-electron chi connectivity index (χ3n) is 3.05. The van der Waals surface area contributed by atoms with Gasteiger partial charge >= 0.3 is 0 Å². The molecular formula is C13H12BrN3O2. The second kappa shape index (κ2) is 5.41. The van der Waals surface area contributed by atoms with Gasteiger partial charge in [0.05, 0.1) is 12.1 Å². The molecule has 1 heterocycles. The number of benzene rings is 1. The maximum Gasteiger partial charge on any atom is 0.249 e. The number of halogens is 1. The lowest BCUT2D eigenvalue weighted by Gasteiger charge is -2.35. The number of rotatable bonds is 2. The van der Waals surface area contributed by atoms with Gasteiger partial charge in [-0.05, 0) is 40.5 Å². The normalized spacial score (nSPS) is 19.0. The number of nitrogens with zero attached hydrogens (tertiary/aromatic N) is 2. The Morgan fingerprint density at radius 1 is 1.53 bits per heavy atom. The smallest absolute Gasteiger partial charge is 0.249 e. The third kappa shape index (κ3) is 2.61. The molecule has 0 spiro atoms. The van der Waals surface area contributed by atoms with E-state index in [0.717, 1.165) is 5.69 Å². The van der Waals surface area contributed by atoms with Gasteiger partial charge in [-0.25, -0.2) is 0 Å². The summed E-state index contributed by atoms with van der Waals surface area (Å²) in [6.45, 7) is 2.04. The Kier molecular flexibility index (Phi) is 3.86. The predicted molar refractivity (Wildman–Crippen MR) is 73.4 cm³/mol. The molecule has 0 saturated carbocycles. The molecular weight excluding hydrogens is 310 g/mol. The lowest BCUT2D eigenvalue weighted by Crippen LogP contribution is -2.58. The molecule has 1 atom stereocenters. The Labute approximate surface area is 119 Å². The molecule has 1 aliphatic heterocycles. The van der Waals surface area contributed by atoms with E-state index in [1.54, 1.807) is 23.1 Å². The lowest BCUT2D eigenvalue weighted by atomic mass is 10.1. The SMILES string of the molecule is CCC1C(=O)NC(=O)CN1c1ccc(C#N)c(Br)c1. The highest BCUT2D eigenvalue weighted by atomic mass is 79.9. The number of hydrogen-bond acceptors (Lipinski definition) is 4. The minimum Gasteiger partial charge on any atom is -0.350 e. The van der Waals surface area contributed by atoms with Crippen LogP contribution in [0.25, 0.3) is 0 Å². The first-order valence-corrected chi connectivity index (χ1v) is 6.66. The van der Waals surface area contributed by atoms with Gasteiger partial charge in [-0.15, -0.1) is 0 Å². The minimum atomic E-state index is -0.363. The van der Waals surface area contributed by atoms with Gasteiger partial charge in [0.25, 0.3) is 0 Å². The fourth-order valence-electron chi connectivity index (χ4n) is 2.12. The maximum absolute atomic E-state index is 11.8. The van der Waals surface area contributed by atoms with Gasteiger partial charge in [-0.3, -0.25) is 14.9 Å². The first-order valence-electron chi connectivity index (χ1n) is 5.86. The second-order valence-electron chi connectivity index (χ2n) is 4.24. The Morgan fingerprint density at radius 3 is 2.84 bits per heavy atom. The monoisotopic (exact) mass is 321 g/mol. The van der Waals surface area contributed by atoms with Crippen molar-refractivity contribution < 1.29 is 9.59 Å². The zero-order valence-electron chi connectivity index (χ0n) is 10.3. The van der Waals surface area contributed by atoms with E-state index in [4.69, 9.17) is 5.26 Å².